The van der Waals surface area contributed by atoms with E-state index in [2.05, 4.69) is 5.32 Å². The highest BCUT2D eigenvalue weighted by atomic mass is 32.2. The molecular weight excluding hydrogens is 411 g/mol. The molecule has 2 amide bonds. The predicted molar refractivity (Wildman–Crippen MR) is 111 cm³/mol. The van der Waals surface area contributed by atoms with E-state index in [1.54, 1.807) is 30.2 Å². The Balaban J connectivity index is 2.17. The minimum atomic E-state index is -4.11. The summed E-state index contributed by atoms with van der Waals surface area (Å²) in [4.78, 5) is 14.0. The highest BCUT2D eigenvalue weighted by molar-refractivity contribution is 7.87. The minimum Gasteiger partial charge on any atom is -0.383 e. The summed E-state index contributed by atoms with van der Waals surface area (Å²) >= 11 is 0. The van der Waals surface area contributed by atoms with Gasteiger partial charge in [-0.25, -0.2) is 9.18 Å². The number of amides is 2. The van der Waals surface area contributed by atoms with Crippen molar-refractivity contribution < 1.29 is 26.5 Å². The molecule has 0 unspecified atom stereocenters. The van der Waals surface area contributed by atoms with Gasteiger partial charge in [0.05, 0.1) is 6.61 Å². The number of urea groups is 1. The van der Waals surface area contributed by atoms with Crippen LogP contribution < -0.4 is 9.50 Å². The molecule has 0 aliphatic rings. The Kier molecular flexibility index (Phi) is 7.80. The van der Waals surface area contributed by atoms with E-state index in [-0.39, 0.29) is 23.2 Å². The summed E-state index contributed by atoms with van der Waals surface area (Å²) < 4.78 is 48.1. The number of nitrogens with zero attached hydrogens (tertiary/aromatic N) is 1. The summed E-state index contributed by atoms with van der Waals surface area (Å²) in [5.41, 5.74) is 0.276. The lowest BCUT2D eigenvalue weighted by Gasteiger charge is -2.28. The number of methoxy groups -OCH3 is 1. The number of benzene rings is 2. The van der Waals surface area contributed by atoms with Crippen molar-refractivity contribution in [2.45, 2.75) is 37.8 Å². The second-order valence-corrected chi connectivity index (χ2v) is 9.28. The minimum absolute atomic E-state index is 0.0970. The highest BCUT2D eigenvalue weighted by Crippen LogP contribution is 2.21. The largest absolute Gasteiger partial charge is 0.383 e. The third-order valence-electron chi connectivity index (χ3n) is 3.91. The van der Waals surface area contributed by atoms with Gasteiger partial charge in [-0.2, -0.15) is 8.42 Å². The quantitative estimate of drug-likeness (QED) is 0.637. The van der Waals surface area contributed by atoms with Crippen molar-refractivity contribution in [1.82, 2.24) is 10.2 Å². The van der Waals surface area contributed by atoms with Gasteiger partial charge in [-0.05, 0) is 62.7 Å². The van der Waals surface area contributed by atoms with Crippen LogP contribution in [0.25, 0.3) is 0 Å². The Morgan fingerprint density at radius 2 is 1.80 bits per heavy atom. The average molecular weight is 439 g/mol. The smallest absolute Gasteiger partial charge is 0.339 e. The first-order valence-electron chi connectivity index (χ1n) is 9.35. The molecule has 1 N–H and O–H groups in total. The lowest BCUT2D eigenvalue weighted by atomic mass is 10.1. The van der Waals surface area contributed by atoms with E-state index in [1.165, 1.54) is 6.07 Å². The second kappa shape index (κ2) is 9.90. The molecular formula is C21H27FN2O5S. The fourth-order valence-corrected chi connectivity index (χ4v) is 3.47. The van der Waals surface area contributed by atoms with E-state index in [9.17, 15) is 17.6 Å². The molecule has 164 valence electrons. The van der Waals surface area contributed by atoms with Crippen LogP contribution in [-0.2, 0) is 21.4 Å². The molecule has 0 aromatic heterocycles. The zero-order valence-corrected chi connectivity index (χ0v) is 18.3. The first-order chi connectivity index (χ1) is 14.0. The van der Waals surface area contributed by atoms with Crippen molar-refractivity contribution in [3.05, 3.63) is 59.9 Å². The first-order valence-corrected chi connectivity index (χ1v) is 10.8. The molecule has 0 atom stereocenters. The van der Waals surface area contributed by atoms with Crippen molar-refractivity contribution in [2.75, 3.05) is 20.3 Å². The van der Waals surface area contributed by atoms with E-state index in [0.717, 1.165) is 24.3 Å². The summed E-state index contributed by atoms with van der Waals surface area (Å²) in [7, 11) is -2.56. The zero-order chi connectivity index (χ0) is 22.4. The third-order valence-corrected chi connectivity index (χ3v) is 5.18. The van der Waals surface area contributed by atoms with Crippen molar-refractivity contribution >= 4 is 16.1 Å². The monoisotopic (exact) mass is 438 g/mol. The van der Waals surface area contributed by atoms with Gasteiger partial charge in [-0.3, -0.25) is 0 Å². The maximum atomic E-state index is 13.1. The maximum absolute atomic E-state index is 13.1. The van der Waals surface area contributed by atoms with Gasteiger partial charge < -0.3 is 19.1 Å². The Hall–Kier alpha value is -2.65. The molecule has 0 spiro atoms. The molecule has 0 aliphatic heterocycles. The number of rotatable bonds is 8. The molecule has 2 aromatic rings. The molecule has 0 bridgehead atoms. The molecule has 0 radical (unpaired) electrons. The number of hydrogen-bond donors (Lipinski definition) is 1. The molecule has 30 heavy (non-hydrogen) atoms. The topological polar surface area (TPSA) is 84.9 Å². The molecule has 2 aromatic carbocycles. The fraction of sp³-hybridized carbons (Fsp3) is 0.381. The Morgan fingerprint density at radius 1 is 1.13 bits per heavy atom. The van der Waals surface area contributed by atoms with Crippen LogP contribution in [0.4, 0.5) is 9.18 Å². The van der Waals surface area contributed by atoms with E-state index in [1.807, 2.05) is 20.8 Å². The van der Waals surface area contributed by atoms with Gasteiger partial charge in [0.15, 0.2) is 0 Å². The third kappa shape index (κ3) is 7.31. The number of hydrogen-bond acceptors (Lipinski definition) is 5. The summed E-state index contributed by atoms with van der Waals surface area (Å²) in [5, 5.41) is 2.90. The lowest BCUT2D eigenvalue weighted by molar-refractivity contribution is 0.142. The van der Waals surface area contributed by atoms with Gasteiger partial charge in [0, 0.05) is 25.7 Å². The van der Waals surface area contributed by atoms with Crippen molar-refractivity contribution in [3.8, 4) is 5.75 Å². The lowest BCUT2D eigenvalue weighted by Crippen LogP contribution is -2.49. The SMILES string of the molecule is COCCN(Cc1cccc(OS(=O)(=O)c2ccc(F)cc2)c1)C(=O)NC(C)(C)C. The summed E-state index contributed by atoms with van der Waals surface area (Å²) in [5.74, 6) is -0.444. The Morgan fingerprint density at radius 3 is 2.40 bits per heavy atom. The Bertz CT molecular complexity index is 956. The molecule has 0 fully saturated rings. The molecule has 2 rings (SSSR count). The van der Waals surface area contributed by atoms with Gasteiger partial charge in [0.1, 0.15) is 16.5 Å². The van der Waals surface area contributed by atoms with Crippen LogP contribution >= 0.6 is 0 Å². The Labute approximate surface area is 176 Å². The van der Waals surface area contributed by atoms with Gasteiger partial charge in [0.2, 0.25) is 0 Å². The van der Waals surface area contributed by atoms with Crippen LogP contribution in [-0.4, -0.2) is 45.1 Å². The van der Waals surface area contributed by atoms with Gasteiger partial charge in [0.25, 0.3) is 0 Å². The number of halogens is 1. The van der Waals surface area contributed by atoms with Crippen LogP contribution in [0.5, 0.6) is 5.75 Å². The summed E-state index contributed by atoms with van der Waals surface area (Å²) in [6.07, 6.45) is 0. The van der Waals surface area contributed by atoms with Crippen LogP contribution in [0, 0.1) is 5.82 Å². The van der Waals surface area contributed by atoms with Crippen molar-refractivity contribution in [3.63, 3.8) is 0 Å². The van der Waals surface area contributed by atoms with Gasteiger partial charge in [-0.1, -0.05) is 12.1 Å². The van der Waals surface area contributed by atoms with E-state index >= 15 is 0 Å². The highest BCUT2D eigenvalue weighted by Gasteiger charge is 2.21. The number of carbonyl (C=O) groups is 1. The molecule has 0 aliphatic carbocycles. The average Bonchev–Trinajstić information content (AvgIpc) is 2.64. The van der Waals surface area contributed by atoms with E-state index in [4.69, 9.17) is 8.92 Å². The normalized spacial score (nSPS) is 11.8. The molecule has 0 saturated heterocycles. The second-order valence-electron chi connectivity index (χ2n) is 7.73. The summed E-state index contributed by atoms with van der Waals surface area (Å²) in [6.45, 7) is 6.60. The molecule has 0 heterocycles. The van der Waals surface area contributed by atoms with Crippen molar-refractivity contribution in [1.29, 1.82) is 0 Å². The zero-order valence-electron chi connectivity index (χ0n) is 17.5. The van der Waals surface area contributed by atoms with E-state index in [0.29, 0.717) is 18.7 Å². The van der Waals surface area contributed by atoms with Crippen LogP contribution in [0.2, 0.25) is 0 Å². The number of ether oxygens (including phenoxy) is 1. The number of nitrogens with one attached hydrogen (secondary N) is 1. The molecule has 9 heteroatoms. The van der Waals surface area contributed by atoms with Crippen LogP contribution in [0.3, 0.4) is 0 Å². The van der Waals surface area contributed by atoms with Crippen molar-refractivity contribution in [2.24, 2.45) is 0 Å². The summed E-state index contributed by atoms with van der Waals surface area (Å²) in [6, 6.07) is 10.6. The van der Waals surface area contributed by atoms with E-state index < -0.39 is 21.5 Å². The predicted octanol–water partition coefficient (Wildman–Crippen LogP) is 3.55. The molecule has 0 saturated carbocycles. The van der Waals surface area contributed by atoms with Crippen LogP contribution in [0.1, 0.15) is 26.3 Å². The fourth-order valence-electron chi connectivity index (χ4n) is 2.55. The standard InChI is InChI=1S/C21H27FN2O5S/c1-21(2,3)23-20(25)24(12-13-28-4)15-16-6-5-7-18(14-16)29-30(26,27)19-10-8-17(22)9-11-19/h5-11,14H,12-13,15H2,1-4H3,(H,23,25). The van der Waals surface area contributed by atoms with Crippen LogP contribution in [0.15, 0.2) is 53.4 Å². The molecule has 7 nitrogen and oxygen atoms in total. The number of carbonyl (C=O) groups excluding carboxylic acids is 1. The first kappa shape index (κ1) is 23.6. The van der Waals surface area contributed by atoms with Gasteiger partial charge >= 0.3 is 16.1 Å². The van der Waals surface area contributed by atoms with Gasteiger partial charge in [-0.15, -0.1) is 0 Å². The maximum Gasteiger partial charge on any atom is 0.339 e.